The van der Waals surface area contributed by atoms with E-state index in [-0.39, 0.29) is 21.6 Å². The molecular weight excluding hydrogens is 179 g/mol. The lowest BCUT2D eigenvalue weighted by molar-refractivity contribution is -0.782. The number of nitro groups is 1. The van der Waals surface area contributed by atoms with E-state index < -0.39 is 4.92 Å². The lowest BCUT2D eigenvalue weighted by atomic mass is 10.3. The highest BCUT2D eigenvalue weighted by Crippen LogP contribution is 2.20. The van der Waals surface area contributed by atoms with Gasteiger partial charge < -0.3 is 5.21 Å². The van der Waals surface area contributed by atoms with Gasteiger partial charge in [0.2, 0.25) is 5.52 Å². The molecule has 0 atom stereocenters. The van der Waals surface area contributed by atoms with Crippen LogP contribution in [0.2, 0.25) is 0 Å². The molecule has 0 aliphatic rings. The maximum absolute atomic E-state index is 10.8. The fraction of sp³-hybridized carbons (Fsp3) is 0. The second kappa shape index (κ2) is 2.41. The van der Waals surface area contributed by atoms with Gasteiger partial charge in [-0.05, 0) is 11.0 Å². The summed E-state index contributed by atoms with van der Waals surface area (Å²) >= 11 is 0. The summed E-state index contributed by atoms with van der Waals surface area (Å²) in [4.78, 5) is 9.94. The number of nitro benzene ring substituents is 1. The van der Waals surface area contributed by atoms with E-state index in [9.17, 15) is 15.3 Å². The Labute approximate surface area is 70.9 Å². The molecule has 1 aromatic carbocycles. The number of nitrogens with zero attached hydrogens (tertiary/aromatic N) is 3. The average molecular weight is 182 g/mol. The van der Waals surface area contributed by atoms with Crippen LogP contribution in [0, 0.1) is 15.3 Å². The zero-order valence-electron chi connectivity index (χ0n) is 6.21. The van der Waals surface area contributed by atoms with Gasteiger partial charge in [0.1, 0.15) is 0 Å². The van der Waals surface area contributed by atoms with Crippen molar-refractivity contribution in [1.29, 1.82) is 0 Å². The first kappa shape index (κ1) is 7.47. The first-order chi connectivity index (χ1) is 6.20. The average Bonchev–Trinajstić information content (AvgIpc) is 2.48. The van der Waals surface area contributed by atoms with E-state index in [1.807, 2.05) is 0 Å². The van der Waals surface area contributed by atoms with Crippen molar-refractivity contribution in [3.8, 4) is 0 Å². The summed E-state index contributed by atoms with van der Waals surface area (Å²) in [5, 5.41) is 24.5. The van der Waals surface area contributed by atoms with Gasteiger partial charge in [0.05, 0.1) is 10.1 Å². The molecule has 0 unspecified atom stereocenters. The van der Waals surface area contributed by atoms with Crippen molar-refractivity contribution in [2.24, 2.45) is 0 Å². The van der Waals surface area contributed by atoms with Gasteiger partial charge in [0.15, 0.2) is 0 Å². The maximum atomic E-state index is 10.8. The third-order valence-corrected chi connectivity index (χ3v) is 1.59. The van der Waals surface area contributed by atoms with Crippen LogP contribution < -0.4 is 4.90 Å². The molecule has 0 N–H and O–H groups in total. The molecule has 66 valence electrons. The van der Waals surface area contributed by atoms with Gasteiger partial charge in [0.25, 0.3) is 0 Å². The SMILES string of the molecule is O=[15N+]([O-])c1cccc2c1no[n+]2[O-]. The summed E-state index contributed by atoms with van der Waals surface area (Å²) in [7, 11) is 0. The Kier molecular flexibility index (Phi) is 1.38. The van der Waals surface area contributed by atoms with Crippen LogP contribution in [0.25, 0.3) is 11.0 Å². The highest BCUT2D eigenvalue weighted by Gasteiger charge is 2.21. The van der Waals surface area contributed by atoms with Crippen LogP contribution in [0.4, 0.5) is 5.69 Å². The Morgan fingerprint density at radius 2 is 2.31 bits per heavy atom. The maximum Gasteiger partial charge on any atom is 0.326 e. The Balaban J connectivity index is 2.84. The van der Waals surface area contributed by atoms with Crippen LogP contribution in [-0.2, 0) is 0 Å². The van der Waals surface area contributed by atoms with Crippen molar-refractivity contribution in [3.63, 3.8) is 0 Å². The largest absolute Gasteiger partial charge is 0.359 e. The molecule has 13 heavy (non-hydrogen) atoms. The summed E-state index contributed by atoms with van der Waals surface area (Å²) in [6, 6.07) is 4.04. The molecule has 0 spiro atoms. The van der Waals surface area contributed by atoms with Crippen LogP contribution in [0.15, 0.2) is 22.8 Å². The van der Waals surface area contributed by atoms with E-state index in [1.165, 1.54) is 18.2 Å². The van der Waals surface area contributed by atoms with Gasteiger partial charge in [-0.25, -0.2) is 0 Å². The summed E-state index contributed by atoms with van der Waals surface area (Å²) in [5.41, 5.74) is -0.229. The van der Waals surface area contributed by atoms with Crippen LogP contribution in [0.3, 0.4) is 0 Å². The minimum Gasteiger partial charge on any atom is -0.359 e. The third kappa shape index (κ3) is 0.975. The number of aromatic nitrogens is 2. The molecular formula is C6H3N3O4. The molecule has 7 heteroatoms. The molecule has 1 aromatic heterocycles. The zero-order chi connectivity index (χ0) is 9.42. The normalized spacial score (nSPS) is 10.5. The van der Waals surface area contributed by atoms with Gasteiger partial charge in [-0.15, -0.1) is 0 Å². The topological polar surface area (TPSA) is 96.1 Å². The van der Waals surface area contributed by atoms with Crippen molar-refractivity contribution in [3.05, 3.63) is 33.5 Å². The van der Waals surface area contributed by atoms with E-state index in [0.29, 0.717) is 0 Å². The van der Waals surface area contributed by atoms with Gasteiger partial charge in [-0.3, -0.25) is 14.7 Å². The number of benzene rings is 1. The van der Waals surface area contributed by atoms with Gasteiger partial charge in [-0.2, -0.15) is 0 Å². The molecule has 0 saturated carbocycles. The smallest absolute Gasteiger partial charge is 0.326 e. The molecule has 0 aliphatic heterocycles. The van der Waals surface area contributed by atoms with Gasteiger partial charge in [0, 0.05) is 6.07 Å². The molecule has 0 bridgehead atoms. The van der Waals surface area contributed by atoms with Crippen LogP contribution in [0.1, 0.15) is 0 Å². The van der Waals surface area contributed by atoms with E-state index in [2.05, 4.69) is 9.79 Å². The predicted molar refractivity (Wildman–Crippen MR) is 39.6 cm³/mol. The molecule has 0 radical (unpaired) electrons. The Morgan fingerprint density at radius 3 is 3.00 bits per heavy atom. The van der Waals surface area contributed by atoms with Crippen molar-refractivity contribution >= 4 is 16.7 Å². The summed E-state index contributed by atoms with van der Waals surface area (Å²) < 4.78 is 4.21. The minimum atomic E-state index is -0.620. The van der Waals surface area contributed by atoms with E-state index in [0.717, 1.165) is 0 Å². The number of hydrogen-bond donors (Lipinski definition) is 0. The molecule has 0 saturated heterocycles. The van der Waals surface area contributed by atoms with Crippen LogP contribution in [-0.4, -0.2) is 10.1 Å². The highest BCUT2D eigenvalue weighted by molar-refractivity contribution is 5.80. The quantitative estimate of drug-likeness (QED) is 0.274. The number of rotatable bonds is 1. The first-order valence-corrected chi connectivity index (χ1v) is 3.33. The summed E-state index contributed by atoms with van der Waals surface area (Å²) in [5.74, 6) is 0. The molecule has 1 heterocycles. The van der Waals surface area contributed by atoms with E-state index >= 15 is 0 Å². The minimum absolute atomic E-state index is 0.0394. The van der Waals surface area contributed by atoms with E-state index in [1.54, 1.807) is 0 Å². The number of fused-ring (bicyclic) bond motifs is 1. The summed E-state index contributed by atoms with van der Waals surface area (Å²) in [6.45, 7) is 0. The second-order valence-electron chi connectivity index (χ2n) is 2.33. The lowest BCUT2D eigenvalue weighted by Gasteiger charge is -1.87. The van der Waals surface area contributed by atoms with Crippen molar-refractivity contribution in [2.45, 2.75) is 0 Å². The second-order valence-corrected chi connectivity index (χ2v) is 2.33. The molecule has 7 nitrogen and oxygen atoms in total. The monoisotopic (exact) mass is 182 g/mol. The van der Waals surface area contributed by atoms with E-state index in [4.69, 9.17) is 0 Å². The number of non-ortho nitro benzene ring substituents is 1. The number of hydrogen-bond acceptors (Lipinski definition) is 5. The van der Waals surface area contributed by atoms with Crippen LogP contribution >= 0.6 is 0 Å². The molecule has 2 rings (SSSR count). The standard InChI is InChI=1S/C6H3N3O4/c10-8(11)4-2-1-3-5-6(4)7-13-9(5)12/h1-3H/i8+1. The lowest BCUT2D eigenvalue weighted by Crippen LogP contribution is -2.22. The molecule has 0 fully saturated rings. The zero-order valence-corrected chi connectivity index (χ0v) is 6.21. The first-order valence-electron chi connectivity index (χ1n) is 3.33. The Bertz CT molecular complexity index is 478. The van der Waals surface area contributed by atoms with Crippen molar-refractivity contribution < 1.29 is 14.5 Å². The fourth-order valence-corrected chi connectivity index (χ4v) is 1.03. The molecule has 2 aromatic rings. The molecule has 0 amide bonds. The van der Waals surface area contributed by atoms with Crippen molar-refractivity contribution in [1.82, 2.24) is 5.16 Å². The molecule has 0 aliphatic carbocycles. The Morgan fingerprint density at radius 1 is 1.54 bits per heavy atom. The summed E-state index contributed by atoms with van der Waals surface area (Å²) in [6.07, 6.45) is 0. The fourth-order valence-electron chi connectivity index (χ4n) is 1.03. The Hall–Kier alpha value is -2.18. The third-order valence-electron chi connectivity index (χ3n) is 1.59. The predicted octanol–water partition coefficient (Wildman–Crippen LogP) is 0.369. The van der Waals surface area contributed by atoms with Gasteiger partial charge >= 0.3 is 11.2 Å². The highest BCUT2D eigenvalue weighted by atomic mass is 16.9. The van der Waals surface area contributed by atoms with Gasteiger partial charge in [-0.1, -0.05) is 6.07 Å². The van der Waals surface area contributed by atoms with Crippen LogP contribution in [0.5, 0.6) is 0 Å². The van der Waals surface area contributed by atoms with Crippen molar-refractivity contribution in [2.75, 3.05) is 0 Å².